The van der Waals surface area contributed by atoms with Crippen LogP contribution in [-0.2, 0) is 6.54 Å². The molecule has 1 aromatic carbocycles. The molecule has 0 spiro atoms. The van der Waals surface area contributed by atoms with Crippen LogP contribution in [-0.4, -0.2) is 20.6 Å². The monoisotopic (exact) mass is 235 g/mol. The third kappa shape index (κ3) is 2.25. The van der Waals surface area contributed by atoms with Gasteiger partial charge in [-0.2, -0.15) is 0 Å². The molecule has 0 atom stereocenters. The van der Waals surface area contributed by atoms with Crippen LogP contribution in [0, 0.1) is 5.82 Å². The zero-order chi connectivity index (χ0) is 12.4. The Kier molecular flexibility index (Phi) is 2.78. The second-order valence-corrected chi connectivity index (χ2v) is 3.54. The Balaban J connectivity index is 2.30. The highest BCUT2D eigenvalue weighted by Crippen LogP contribution is 2.15. The molecule has 5 nitrogen and oxygen atoms in total. The van der Waals surface area contributed by atoms with Crippen molar-refractivity contribution in [2.75, 3.05) is 0 Å². The Labute approximate surface area is 96.3 Å². The summed E-state index contributed by atoms with van der Waals surface area (Å²) in [5.74, 6) is -1.50. The molecule has 1 heterocycles. The van der Waals surface area contributed by atoms with Crippen LogP contribution in [0.4, 0.5) is 4.39 Å². The van der Waals surface area contributed by atoms with Crippen LogP contribution in [0.15, 0.2) is 30.6 Å². The van der Waals surface area contributed by atoms with Gasteiger partial charge in [0.2, 0.25) is 5.88 Å². The van der Waals surface area contributed by atoms with Gasteiger partial charge in [0.25, 0.3) is 5.91 Å². The maximum atomic E-state index is 12.7. The van der Waals surface area contributed by atoms with Gasteiger partial charge in [0.1, 0.15) is 5.82 Å². The molecule has 1 aromatic heterocycles. The first-order valence-corrected chi connectivity index (χ1v) is 4.86. The molecule has 0 aliphatic carbocycles. The zero-order valence-corrected chi connectivity index (χ0v) is 8.80. The third-order valence-corrected chi connectivity index (χ3v) is 2.32. The highest BCUT2D eigenvalue weighted by atomic mass is 19.1. The van der Waals surface area contributed by atoms with Gasteiger partial charge in [0.05, 0.1) is 6.33 Å². The minimum Gasteiger partial charge on any atom is -0.492 e. The number of hydrogen-bond donors (Lipinski definition) is 2. The van der Waals surface area contributed by atoms with Gasteiger partial charge in [-0.05, 0) is 17.7 Å². The number of imidazole rings is 1. The number of benzene rings is 1. The van der Waals surface area contributed by atoms with E-state index in [1.54, 1.807) is 12.1 Å². The number of aromatic hydroxyl groups is 1. The van der Waals surface area contributed by atoms with Crippen LogP contribution in [0.5, 0.6) is 5.88 Å². The zero-order valence-electron chi connectivity index (χ0n) is 8.80. The van der Waals surface area contributed by atoms with Gasteiger partial charge in [-0.25, -0.2) is 9.37 Å². The normalized spacial score (nSPS) is 10.4. The lowest BCUT2D eigenvalue weighted by atomic mass is 10.2. The van der Waals surface area contributed by atoms with E-state index in [0.717, 1.165) is 5.56 Å². The molecular weight excluding hydrogens is 225 g/mol. The summed E-state index contributed by atoms with van der Waals surface area (Å²) in [4.78, 5) is 14.7. The summed E-state index contributed by atoms with van der Waals surface area (Å²) < 4.78 is 14.1. The number of carbonyl (C=O) groups is 1. The summed E-state index contributed by atoms with van der Waals surface area (Å²) >= 11 is 0. The quantitative estimate of drug-likeness (QED) is 0.828. The van der Waals surface area contributed by atoms with E-state index < -0.39 is 11.8 Å². The van der Waals surface area contributed by atoms with Crippen molar-refractivity contribution >= 4 is 5.91 Å². The van der Waals surface area contributed by atoms with Crippen molar-refractivity contribution in [3.8, 4) is 5.88 Å². The molecule has 6 heteroatoms. The number of hydrogen-bond acceptors (Lipinski definition) is 3. The average molecular weight is 235 g/mol. The van der Waals surface area contributed by atoms with Crippen LogP contribution in [0.3, 0.4) is 0 Å². The molecule has 3 N–H and O–H groups in total. The van der Waals surface area contributed by atoms with Crippen LogP contribution in [0.2, 0.25) is 0 Å². The number of amides is 1. The SMILES string of the molecule is NC(=O)c1c(O)ncn1Cc1ccc(F)cc1. The lowest BCUT2D eigenvalue weighted by molar-refractivity contribution is 0.0989. The first kappa shape index (κ1) is 11.1. The number of nitrogens with two attached hydrogens (primary N) is 1. The summed E-state index contributed by atoms with van der Waals surface area (Å²) in [6, 6.07) is 5.79. The first-order valence-electron chi connectivity index (χ1n) is 4.86. The third-order valence-electron chi connectivity index (χ3n) is 2.32. The molecule has 0 aliphatic heterocycles. The molecule has 0 unspecified atom stereocenters. The van der Waals surface area contributed by atoms with Crippen molar-refractivity contribution in [1.29, 1.82) is 0 Å². The lowest BCUT2D eigenvalue weighted by Crippen LogP contribution is -2.17. The Morgan fingerprint density at radius 1 is 1.41 bits per heavy atom. The van der Waals surface area contributed by atoms with E-state index in [9.17, 15) is 14.3 Å². The van der Waals surface area contributed by atoms with Crippen LogP contribution < -0.4 is 5.73 Å². The van der Waals surface area contributed by atoms with E-state index >= 15 is 0 Å². The summed E-state index contributed by atoms with van der Waals surface area (Å²) in [5, 5.41) is 9.33. The van der Waals surface area contributed by atoms with Gasteiger partial charge in [0, 0.05) is 6.54 Å². The second kappa shape index (κ2) is 4.25. The molecular formula is C11H10FN3O2. The molecule has 1 amide bonds. The number of primary amides is 1. The van der Waals surface area contributed by atoms with E-state index in [2.05, 4.69) is 4.98 Å². The van der Waals surface area contributed by atoms with Gasteiger partial charge >= 0.3 is 0 Å². The van der Waals surface area contributed by atoms with Crippen LogP contribution >= 0.6 is 0 Å². The molecule has 0 saturated heterocycles. The van der Waals surface area contributed by atoms with Crippen molar-refractivity contribution in [2.45, 2.75) is 6.54 Å². The molecule has 0 bridgehead atoms. The van der Waals surface area contributed by atoms with E-state index in [1.807, 2.05) is 0 Å². The average Bonchev–Trinajstić information content (AvgIpc) is 2.63. The number of carbonyl (C=O) groups excluding carboxylic acids is 1. The van der Waals surface area contributed by atoms with Gasteiger partial charge < -0.3 is 15.4 Å². The maximum Gasteiger partial charge on any atom is 0.271 e. The fourth-order valence-corrected chi connectivity index (χ4v) is 1.53. The number of nitrogens with zero attached hydrogens (tertiary/aromatic N) is 2. The number of halogens is 1. The smallest absolute Gasteiger partial charge is 0.271 e. The minimum absolute atomic E-state index is 0.0608. The Hall–Kier alpha value is -2.37. The van der Waals surface area contributed by atoms with Gasteiger partial charge in [-0.15, -0.1) is 0 Å². The van der Waals surface area contributed by atoms with Gasteiger partial charge in [-0.3, -0.25) is 4.79 Å². The maximum absolute atomic E-state index is 12.7. The van der Waals surface area contributed by atoms with Crippen molar-refractivity contribution in [3.63, 3.8) is 0 Å². The van der Waals surface area contributed by atoms with Crippen LogP contribution in [0.1, 0.15) is 16.1 Å². The molecule has 0 saturated carbocycles. The molecule has 2 aromatic rings. The standard InChI is InChI=1S/C11H10FN3O2/c12-8-3-1-7(2-4-8)5-15-6-14-11(17)9(15)10(13)16/h1-4,6,17H,5H2,(H2,13,16). The number of aromatic nitrogens is 2. The second-order valence-electron chi connectivity index (χ2n) is 3.54. The van der Waals surface area contributed by atoms with Crippen molar-refractivity contribution in [3.05, 3.63) is 47.7 Å². The predicted octanol–water partition coefficient (Wildman–Crippen LogP) is 0.875. The fourth-order valence-electron chi connectivity index (χ4n) is 1.53. The Bertz CT molecular complexity index is 548. The van der Waals surface area contributed by atoms with E-state index in [1.165, 1.54) is 23.0 Å². The summed E-state index contributed by atoms with van der Waals surface area (Å²) in [7, 11) is 0. The molecule has 0 radical (unpaired) electrons. The predicted molar refractivity (Wildman–Crippen MR) is 57.9 cm³/mol. The minimum atomic E-state index is -0.762. The van der Waals surface area contributed by atoms with E-state index in [0.29, 0.717) is 0 Å². The van der Waals surface area contributed by atoms with Crippen molar-refractivity contribution < 1.29 is 14.3 Å². The molecule has 2 rings (SSSR count). The molecule has 88 valence electrons. The summed E-state index contributed by atoms with van der Waals surface area (Å²) in [5.41, 5.74) is 5.83. The molecule has 0 fully saturated rings. The van der Waals surface area contributed by atoms with E-state index in [-0.39, 0.29) is 18.1 Å². The van der Waals surface area contributed by atoms with E-state index in [4.69, 9.17) is 5.73 Å². The Morgan fingerprint density at radius 2 is 2.06 bits per heavy atom. The lowest BCUT2D eigenvalue weighted by Gasteiger charge is -2.05. The largest absolute Gasteiger partial charge is 0.492 e. The molecule has 0 aliphatic rings. The topological polar surface area (TPSA) is 81.1 Å². The fraction of sp³-hybridized carbons (Fsp3) is 0.0909. The highest BCUT2D eigenvalue weighted by Gasteiger charge is 2.15. The van der Waals surface area contributed by atoms with Crippen molar-refractivity contribution in [2.24, 2.45) is 5.73 Å². The van der Waals surface area contributed by atoms with Gasteiger partial charge in [-0.1, -0.05) is 12.1 Å². The van der Waals surface area contributed by atoms with Crippen molar-refractivity contribution in [1.82, 2.24) is 9.55 Å². The highest BCUT2D eigenvalue weighted by molar-refractivity contribution is 5.93. The van der Waals surface area contributed by atoms with Gasteiger partial charge in [0.15, 0.2) is 5.69 Å². The Morgan fingerprint density at radius 3 is 2.65 bits per heavy atom. The van der Waals surface area contributed by atoms with Crippen LogP contribution in [0.25, 0.3) is 0 Å². The summed E-state index contributed by atoms with van der Waals surface area (Å²) in [6.07, 6.45) is 1.30. The first-order chi connectivity index (χ1) is 8.08. The summed E-state index contributed by atoms with van der Waals surface area (Å²) in [6.45, 7) is 0.284. The molecule has 17 heavy (non-hydrogen) atoms. The number of rotatable bonds is 3.